The van der Waals surface area contributed by atoms with Gasteiger partial charge >= 0.3 is 0 Å². The summed E-state index contributed by atoms with van der Waals surface area (Å²) in [5, 5.41) is 6.89. The van der Waals surface area contributed by atoms with Crippen LogP contribution in [0.2, 0.25) is 0 Å². The number of carbonyl (C=O) groups excluding carboxylic acids is 1. The molecule has 2 fully saturated rings. The summed E-state index contributed by atoms with van der Waals surface area (Å²) in [6.07, 6.45) is 5.92. The van der Waals surface area contributed by atoms with E-state index in [0.717, 1.165) is 30.5 Å². The van der Waals surface area contributed by atoms with Crippen molar-refractivity contribution in [1.29, 1.82) is 0 Å². The average molecular weight is 320 g/mol. The van der Waals surface area contributed by atoms with Crippen LogP contribution in [-0.4, -0.2) is 24.0 Å². The molecule has 1 saturated carbocycles. The molecular weight excluding hydrogens is 296 g/mol. The molecule has 0 bridgehead atoms. The molecule has 0 aromatic heterocycles. The number of nitrogens with one attached hydrogen (secondary N) is 2. The molecule has 1 spiro atoms. The fraction of sp³-hybridized carbons (Fsp3) is 0.381. The zero-order chi connectivity index (χ0) is 16.4. The fourth-order valence-electron chi connectivity index (χ4n) is 3.98. The van der Waals surface area contributed by atoms with Gasteiger partial charge in [0.1, 0.15) is 0 Å². The minimum atomic E-state index is 0.0518. The number of benzene rings is 2. The van der Waals surface area contributed by atoms with Crippen LogP contribution in [0, 0.1) is 0 Å². The molecule has 0 radical (unpaired) electrons. The quantitative estimate of drug-likeness (QED) is 0.904. The summed E-state index contributed by atoms with van der Waals surface area (Å²) in [5.74, 6) is 0.0518. The summed E-state index contributed by atoms with van der Waals surface area (Å²) in [5.41, 5.74) is 3.38. The van der Waals surface area contributed by atoms with Gasteiger partial charge in [-0.2, -0.15) is 0 Å². The number of hydrogen-bond donors (Lipinski definition) is 2. The van der Waals surface area contributed by atoms with Gasteiger partial charge in [-0.1, -0.05) is 42.5 Å². The van der Waals surface area contributed by atoms with E-state index in [0.29, 0.717) is 11.6 Å². The SMILES string of the molecule is O=C(NC1CCNC2(CCC2)C1)c1ccc(-c2ccccc2)cc1. The van der Waals surface area contributed by atoms with Crippen molar-refractivity contribution in [3.05, 3.63) is 60.2 Å². The molecule has 1 aliphatic carbocycles. The standard InChI is InChI=1S/C21H24N2O/c24-20(23-19-11-14-22-21(15-19)12-4-13-21)18-9-7-17(8-10-18)16-5-2-1-3-6-16/h1-3,5-10,19,22H,4,11-15H2,(H,23,24). The third-order valence-corrected chi connectivity index (χ3v) is 5.53. The third kappa shape index (κ3) is 3.09. The molecule has 3 heteroatoms. The smallest absolute Gasteiger partial charge is 0.251 e. The first-order valence-corrected chi connectivity index (χ1v) is 8.96. The van der Waals surface area contributed by atoms with Crippen molar-refractivity contribution in [3.8, 4) is 11.1 Å². The van der Waals surface area contributed by atoms with Gasteiger partial charge in [0.2, 0.25) is 0 Å². The number of carbonyl (C=O) groups is 1. The van der Waals surface area contributed by atoms with Crippen LogP contribution in [0.25, 0.3) is 11.1 Å². The first kappa shape index (κ1) is 15.4. The molecule has 2 aliphatic rings. The fourth-order valence-corrected chi connectivity index (χ4v) is 3.98. The Morgan fingerprint density at radius 3 is 2.38 bits per heavy atom. The molecule has 2 aromatic rings. The second kappa shape index (κ2) is 6.40. The van der Waals surface area contributed by atoms with Crippen molar-refractivity contribution in [2.45, 2.75) is 43.7 Å². The highest BCUT2D eigenvalue weighted by Crippen LogP contribution is 2.38. The maximum absolute atomic E-state index is 12.5. The highest BCUT2D eigenvalue weighted by atomic mass is 16.1. The van der Waals surface area contributed by atoms with Crippen molar-refractivity contribution in [2.75, 3.05) is 6.54 Å². The van der Waals surface area contributed by atoms with E-state index in [4.69, 9.17) is 0 Å². The lowest BCUT2D eigenvalue weighted by Gasteiger charge is -2.48. The lowest BCUT2D eigenvalue weighted by Crippen LogP contribution is -2.59. The normalized spacial score (nSPS) is 21.9. The molecule has 24 heavy (non-hydrogen) atoms. The van der Waals surface area contributed by atoms with Crippen LogP contribution in [0.4, 0.5) is 0 Å². The minimum Gasteiger partial charge on any atom is -0.349 e. The molecule has 1 saturated heterocycles. The van der Waals surface area contributed by atoms with E-state index in [2.05, 4.69) is 22.8 Å². The van der Waals surface area contributed by atoms with Crippen LogP contribution in [-0.2, 0) is 0 Å². The largest absolute Gasteiger partial charge is 0.349 e. The predicted octanol–water partition coefficient (Wildman–Crippen LogP) is 3.76. The van der Waals surface area contributed by atoms with Gasteiger partial charge in [0.05, 0.1) is 0 Å². The molecule has 3 nitrogen and oxygen atoms in total. The average Bonchev–Trinajstić information content (AvgIpc) is 2.61. The van der Waals surface area contributed by atoms with Gasteiger partial charge in [0.25, 0.3) is 5.91 Å². The molecule has 2 N–H and O–H groups in total. The van der Waals surface area contributed by atoms with Crippen LogP contribution < -0.4 is 10.6 Å². The van der Waals surface area contributed by atoms with E-state index >= 15 is 0 Å². The molecule has 1 aliphatic heterocycles. The molecule has 1 atom stereocenters. The van der Waals surface area contributed by atoms with E-state index in [1.165, 1.54) is 24.8 Å². The van der Waals surface area contributed by atoms with Crippen LogP contribution in [0.1, 0.15) is 42.5 Å². The third-order valence-electron chi connectivity index (χ3n) is 5.53. The van der Waals surface area contributed by atoms with Crippen molar-refractivity contribution in [3.63, 3.8) is 0 Å². The Bertz CT molecular complexity index is 704. The monoisotopic (exact) mass is 320 g/mol. The molecule has 4 rings (SSSR count). The summed E-state index contributed by atoms with van der Waals surface area (Å²) in [6.45, 7) is 1.01. The highest BCUT2D eigenvalue weighted by Gasteiger charge is 2.41. The molecular formula is C21H24N2O. The Morgan fingerprint density at radius 2 is 1.71 bits per heavy atom. The number of amides is 1. The Morgan fingerprint density at radius 1 is 1.00 bits per heavy atom. The van der Waals surface area contributed by atoms with E-state index in [-0.39, 0.29) is 5.91 Å². The summed E-state index contributed by atoms with van der Waals surface area (Å²) >= 11 is 0. The highest BCUT2D eigenvalue weighted by molar-refractivity contribution is 5.94. The Balaban J connectivity index is 1.41. The first-order chi connectivity index (χ1) is 11.7. The Kier molecular flexibility index (Phi) is 4.11. The lowest BCUT2D eigenvalue weighted by molar-refractivity contribution is 0.0853. The van der Waals surface area contributed by atoms with Crippen molar-refractivity contribution in [2.24, 2.45) is 0 Å². The van der Waals surface area contributed by atoms with Crippen molar-refractivity contribution >= 4 is 5.91 Å². The molecule has 2 aromatic carbocycles. The van der Waals surface area contributed by atoms with Crippen LogP contribution in [0.3, 0.4) is 0 Å². The number of piperidine rings is 1. The van der Waals surface area contributed by atoms with E-state index in [1.807, 2.05) is 42.5 Å². The second-order valence-electron chi connectivity index (χ2n) is 7.17. The van der Waals surface area contributed by atoms with Gasteiger partial charge in [0, 0.05) is 17.1 Å². The Hall–Kier alpha value is -2.13. The second-order valence-corrected chi connectivity index (χ2v) is 7.17. The van der Waals surface area contributed by atoms with Gasteiger partial charge in [-0.3, -0.25) is 4.79 Å². The van der Waals surface area contributed by atoms with E-state index < -0.39 is 0 Å². The van der Waals surface area contributed by atoms with E-state index in [9.17, 15) is 4.79 Å². The van der Waals surface area contributed by atoms with Gasteiger partial charge < -0.3 is 10.6 Å². The van der Waals surface area contributed by atoms with Gasteiger partial charge in [-0.25, -0.2) is 0 Å². The summed E-state index contributed by atoms with van der Waals surface area (Å²) < 4.78 is 0. The van der Waals surface area contributed by atoms with Crippen LogP contribution >= 0.6 is 0 Å². The molecule has 1 heterocycles. The maximum atomic E-state index is 12.5. The molecule has 1 unspecified atom stereocenters. The number of hydrogen-bond acceptors (Lipinski definition) is 2. The van der Waals surface area contributed by atoms with E-state index in [1.54, 1.807) is 0 Å². The first-order valence-electron chi connectivity index (χ1n) is 8.96. The summed E-state index contributed by atoms with van der Waals surface area (Å²) in [4.78, 5) is 12.5. The molecule has 1 amide bonds. The zero-order valence-electron chi connectivity index (χ0n) is 13.9. The predicted molar refractivity (Wildman–Crippen MR) is 97.0 cm³/mol. The van der Waals surface area contributed by atoms with Gasteiger partial charge in [0.15, 0.2) is 0 Å². The van der Waals surface area contributed by atoms with Gasteiger partial charge in [-0.15, -0.1) is 0 Å². The molecule has 124 valence electrons. The zero-order valence-corrected chi connectivity index (χ0v) is 13.9. The Labute approximate surface area is 143 Å². The summed E-state index contributed by atoms with van der Waals surface area (Å²) in [6, 6.07) is 18.5. The van der Waals surface area contributed by atoms with Gasteiger partial charge in [-0.05, 0) is 61.9 Å². The summed E-state index contributed by atoms with van der Waals surface area (Å²) in [7, 11) is 0. The topological polar surface area (TPSA) is 41.1 Å². The van der Waals surface area contributed by atoms with Crippen molar-refractivity contribution in [1.82, 2.24) is 10.6 Å². The minimum absolute atomic E-state index is 0.0518. The maximum Gasteiger partial charge on any atom is 0.251 e. The van der Waals surface area contributed by atoms with Crippen molar-refractivity contribution < 1.29 is 4.79 Å². The van der Waals surface area contributed by atoms with Crippen LogP contribution in [0.5, 0.6) is 0 Å². The van der Waals surface area contributed by atoms with Crippen LogP contribution in [0.15, 0.2) is 54.6 Å². The lowest BCUT2D eigenvalue weighted by atomic mass is 9.70. The number of rotatable bonds is 3.